The number of hydrogen-bond acceptors (Lipinski definition) is 4. The van der Waals surface area contributed by atoms with Crippen LogP contribution in [0.1, 0.15) is 80.2 Å². The van der Waals surface area contributed by atoms with E-state index in [4.69, 9.17) is 4.74 Å². The molecule has 1 amide bonds. The van der Waals surface area contributed by atoms with Crippen molar-refractivity contribution in [3.05, 3.63) is 70.3 Å². The third-order valence-corrected chi connectivity index (χ3v) is 7.30. The average Bonchev–Trinajstić information content (AvgIpc) is 3.45. The molecule has 0 aromatic heterocycles. The average molecular weight is 446 g/mol. The van der Waals surface area contributed by atoms with E-state index in [9.17, 15) is 14.7 Å². The summed E-state index contributed by atoms with van der Waals surface area (Å²) < 4.78 is 5.70. The van der Waals surface area contributed by atoms with Crippen LogP contribution >= 0.6 is 0 Å². The summed E-state index contributed by atoms with van der Waals surface area (Å²) in [7, 11) is 0. The Hall–Kier alpha value is -3.08. The molecule has 5 nitrogen and oxygen atoms in total. The Kier molecular flexibility index (Phi) is 5.73. The lowest BCUT2D eigenvalue weighted by Gasteiger charge is -2.31. The van der Waals surface area contributed by atoms with E-state index < -0.39 is 17.7 Å². The Morgan fingerprint density at radius 1 is 1.03 bits per heavy atom. The molecule has 2 aliphatic heterocycles. The van der Waals surface area contributed by atoms with Gasteiger partial charge in [0.15, 0.2) is 0 Å². The lowest BCUT2D eigenvalue weighted by Crippen LogP contribution is -2.37. The van der Waals surface area contributed by atoms with Crippen LogP contribution in [0, 0.1) is 0 Å². The van der Waals surface area contributed by atoms with Crippen LogP contribution in [0.25, 0.3) is 5.76 Å². The monoisotopic (exact) mass is 445 g/mol. The van der Waals surface area contributed by atoms with Gasteiger partial charge in [0.05, 0.1) is 18.2 Å². The van der Waals surface area contributed by atoms with Gasteiger partial charge in [-0.05, 0) is 66.5 Å². The van der Waals surface area contributed by atoms with Crippen molar-refractivity contribution in [3.63, 3.8) is 0 Å². The molecule has 0 spiro atoms. The van der Waals surface area contributed by atoms with E-state index in [1.54, 1.807) is 11.0 Å². The highest BCUT2D eigenvalue weighted by Crippen LogP contribution is 2.44. The van der Waals surface area contributed by atoms with Gasteiger partial charge < -0.3 is 14.7 Å². The Balaban J connectivity index is 1.63. The Morgan fingerprint density at radius 3 is 2.45 bits per heavy atom. The highest BCUT2D eigenvalue weighted by atomic mass is 16.5. The minimum Gasteiger partial charge on any atom is -0.507 e. The van der Waals surface area contributed by atoms with E-state index in [0.29, 0.717) is 18.1 Å². The molecular weight excluding hydrogens is 414 g/mol. The van der Waals surface area contributed by atoms with E-state index in [1.165, 1.54) is 5.56 Å². The molecule has 2 heterocycles. The van der Waals surface area contributed by atoms with Crippen molar-refractivity contribution in [2.45, 2.75) is 70.4 Å². The van der Waals surface area contributed by atoms with Crippen molar-refractivity contribution < 1.29 is 19.4 Å². The number of likely N-dealkylation sites (tertiary alicyclic amines) is 1. The molecule has 0 bridgehead atoms. The number of aryl methyl sites for hydroxylation is 1. The van der Waals surface area contributed by atoms with E-state index >= 15 is 0 Å². The number of nitrogens with zero attached hydrogens (tertiary/aromatic N) is 1. The zero-order chi connectivity index (χ0) is 23.1. The highest BCUT2D eigenvalue weighted by molar-refractivity contribution is 6.46. The first-order chi connectivity index (χ1) is 16.0. The van der Waals surface area contributed by atoms with Gasteiger partial charge in [0, 0.05) is 11.6 Å². The fourth-order valence-electron chi connectivity index (χ4n) is 5.46. The summed E-state index contributed by atoms with van der Waals surface area (Å²) in [4.78, 5) is 28.3. The maximum Gasteiger partial charge on any atom is 0.295 e. The van der Waals surface area contributed by atoms with Crippen LogP contribution in [0.2, 0.25) is 0 Å². The maximum absolute atomic E-state index is 13.3. The number of ether oxygens (including phenoxy) is 1. The molecule has 3 aliphatic rings. The standard InChI is InChI=1S/C28H31NO4/c1-17(2)18-9-11-19(12-10-18)25-24(27(31)28(32)29(25)22-7-3-4-8-22)26(30)21-13-14-23-20(16-21)6-5-15-33-23/h9-14,16-17,22,25,30H,3-8,15H2,1-2H3/b26-24-. The van der Waals surface area contributed by atoms with Crippen LogP contribution in [0.5, 0.6) is 5.75 Å². The number of benzene rings is 2. The predicted octanol–water partition coefficient (Wildman–Crippen LogP) is 5.50. The molecule has 5 rings (SSSR count). The van der Waals surface area contributed by atoms with Gasteiger partial charge in [-0.15, -0.1) is 0 Å². The molecular formula is C28H31NO4. The molecule has 2 aromatic rings. The second-order valence-electron chi connectivity index (χ2n) is 9.74. The van der Waals surface area contributed by atoms with Gasteiger partial charge in [0.2, 0.25) is 0 Å². The molecule has 2 aromatic carbocycles. The number of aliphatic hydroxyl groups excluding tert-OH is 1. The molecule has 172 valence electrons. The van der Waals surface area contributed by atoms with Crippen LogP contribution in [-0.2, 0) is 16.0 Å². The smallest absolute Gasteiger partial charge is 0.295 e. The topological polar surface area (TPSA) is 66.8 Å². The van der Waals surface area contributed by atoms with Gasteiger partial charge in [-0.25, -0.2) is 0 Å². The predicted molar refractivity (Wildman–Crippen MR) is 127 cm³/mol. The molecule has 2 fully saturated rings. The number of carbonyl (C=O) groups is 2. The van der Waals surface area contributed by atoms with Crippen LogP contribution in [0.3, 0.4) is 0 Å². The van der Waals surface area contributed by atoms with E-state index in [-0.39, 0.29) is 17.4 Å². The summed E-state index contributed by atoms with van der Waals surface area (Å²) in [6.07, 6.45) is 5.68. The number of hydrogen-bond donors (Lipinski definition) is 1. The number of amides is 1. The van der Waals surface area contributed by atoms with E-state index in [0.717, 1.165) is 55.4 Å². The van der Waals surface area contributed by atoms with Crippen LogP contribution in [-0.4, -0.2) is 34.3 Å². The number of carbonyl (C=O) groups excluding carboxylic acids is 2. The van der Waals surface area contributed by atoms with Crippen LogP contribution < -0.4 is 4.74 Å². The van der Waals surface area contributed by atoms with Crippen LogP contribution in [0.4, 0.5) is 0 Å². The molecule has 0 radical (unpaired) electrons. The van der Waals surface area contributed by atoms with Gasteiger partial charge in [-0.1, -0.05) is 51.0 Å². The third-order valence-electron chi connectivity index (χ3n) is 7.30. The minimum absolute atomic E-state index is 0.0264. The maximum atomic E-state index is 13.3. The summed E-state index contributed by atoms with van der Waals surface area (Å²) in [5.74, 6) is 0.0251. The Labute approximate surface area is 195 Å². The molecule has 1 atom stereocenters. The van der Waals surface area contributed by atoms with Crippen molar-refractivity contribution >= 4 is 17.4 Å². The van der Waals surface area contributed by atoms with Gasteiger partial charge >= 0.3 is 0 Å². The molecule has 1 N–H and O–H groups in total. The number of ketones is 1. The summed E-state index contributed by atoms with van der Waals surface area (Å²) in [6.45, 7) is 4.97. The van der Waals surface area contributed by atoms with E-state index in [2.05, 4.69) is 26.0 Å². The summed E-state index contributed by atoms with van der Waals surface area (Å²) >= 11 is 0. The van der Waals surface area contributed by atoms with Gasteiger partial charge in [-0.2, -0.15) is 0 Å². The first-order valence-electron chi connectivity index (χ1n) is 12.1. The second kappa shape index (κ2) is 8.69. The fraction of sp³-hybridized carbons (Fsp3) is 0.429. The van der Waals surface area contributed by atoms with Gasteiger partial charge in [-0.3, -0.25) is 9.59 Å². The Morgan fingerprint density at radius 2 is 1.76 bits per heavy atom. The molecule has 1 unspecified atom stereocenters. The largest absolute Gasteiger partial charge is 0.507 e. The van der Waals surface area contributed by atoms with Crippen molar-refractivity contribution in [1.29, 1.82) is 0 Å². The number of aliphatic hydroxyl groups is 1. The summed E-state index contributed by atoms with van der Waals surface area (Å²) in [5.41, 5.74) is 3.85. The SMILES string of the molecule is CC(C)c1ccc(C2/C(=C(/O)c3ccc4c(c3)CCCO4)C(=O)C(=O)N2C2CCCC2)cc1. The fourth-order valence-corrected chi connectivity index (χ4v) is 5.46. The molecule has 1 aliphatic carbocycles. The zero-order valence-electron chi connectivity index (χ0n) is 19.3. The zero-order valence-corrected chi connectivity index (χ0v) is 19.3. The molecule has 33 heavy (non-hydrogen) atoms. The van der Waals surface area contributed by atoms with Crippen molar-refractivity contribution in [2.75, 3.05) is 6.61 Å². The summed E-state index contributed by atoms with van der Waals surface area (Å²) in [5, 5.41) is 11.4. The second-order valence-corrected chi connectivity index (χ2v) is 9.74. The quantitative estimate of drug-likeness (QED) is 0.383. The van der Waals surface area contributed by atoms with Crippen LogP contribution in [0.15, 0.2) is 48.0 Å². The molecule has 1 saturated carbocycles. The normalized spacial score (nSPS) is 22.6. The first-order valence-corrected chi connectivity index (χ1v) is 12.1. The van der Waals surface area contributed by atoms with Gasteiger partial charge in [0.25, 0.3) is 11.7 Å². The first kappa shape index (κ1) is 21.7. The van der Waals surface area contributed by atoms with Crippen molar-refractivity contribution in [3.8, 4) is 5.75 Å². The van der Waals surface area contributed by atoms with E-state index in [1.807, 2.05) is 24.3 Å². The van der Waals surface area contributed by atoms with Crippen molar-refractivity contribution in [1.82, 2.24) is 4.90 Å². The Bertz CT molecular complexity index is 1110. The molecule has 1 saturated heterocycles. The highest BCUT2D eigenvalue weighted by Gasteiger charge is 2.49. The lowest BCUT2D eigenvalue weighted by molar-refractivity contribution is -0.141. The number of rotatable bonds is 4. The van der Waals surface area contributed by atoms with Gasteiger partial charge in [0.1, 0.15) is 11.5 Å². The lowest BCUT2D eigenvalue weighted by atomic mass is 9.92. The van der Waals surface area contributed by atoms with Crippen molar-refractivity contribution in [2.24, 2.45) is 0 Å². The minimum atomic E-state index is -0.591. The summed E-state index contributed by atoms with van der Waals surface area (Å²) in [6, 6.07) is 13.1. The third kappa shape index (κ3) is 3.84. The molecule has 5 heteroatoms. The number of Topliss-reactive ketones (excluding diaryl/α,β-unsaturated/α-hetero) is 1. The number of fused-ring (bicyclic) bond motifs is 1.